The van der Waals surface area contributed by atoms with E-state index in [-0.39, 0.29) is 88.2 Å². The van der Waals surface area contributed by atoms with Gasteiger partial charge in [0.05, 0.1) is 54.3 Å². The smallest absolute Gasteiger partial charge is 0.379 e. The molecule has 3 aromatic carbocycles. The highest BCUT2D eigenvalue weighted by molar-refractivity contribution is 7.90. The van der Waals surface area contributed by atoms with Crippen molar-refractivity contribution < 1.29 is 79.0 Å². The average Bonchev–Trinajstić information content (AvgIpc) is 1.60. The maximum absolute atomic E-state index is 13.5. The van der Waals surface area contributed by atoms with E-state index in [4.69, 9.17) is 14.2 Å². The lowest BCUT2D eigenvalue weighted by Crippen LogP contribution is -2.44. The largest absolute Gasteiger partial charge is 0.434 e. The van der Waals surface area contributed by atoms with E-state index in [1.54, 1.807) is 73.2 Å². The van der Waals surface area contributed by atoms with Gasteiger partial charge in [0.15, 0.2) is 34.0 Å². The molecular weight excluding hydrogens is 1700 g/mol. The highest BCUT2D eigenvalue weighted by Gasteiger charge is 2.40. The molecule has 121 heavy (non-hydrogen) atoms. The van der Waals surface area contributed by atoms with Crippen LogP contribution < -0.4 is 0 Å². The van der Waals surface area contributed by atoms with Crippen LogP contribution in [0.1, 0.15) is 146 Å². The Morgan fingerprint density at radius 3 is 0.983 bits per heavy atom. The molecule has 0 bridgehead atoms. The third-order valence-electron chi connectivity index (χ3n) is 22.6. The monoisotopic (exact) mass is 1790 g/mol. The van der Waals surface area contributed by atoms with Crippen molar-refractivity contribution in [2.75, 3.05) is 78.9 Å². The number of thiazole rings is 3. The first-order chi connectivity index (χ1) is 56.1. The zero-order valence-electron chi connectivity index (χ0n) is 62.7. The Hall–Kier alpha value is -8.66. The number of nitrogens with zero attached hydrogens (tertiary/aromatic N) is 12. The van der Waals surface area contributed by atoms with Gasteiger partial charge in [0, 0.05) is 144 Å². The minimum absolute atomic E-state index is 0. The second-order valence-electron chi connectivity index (χ2n) is 29.6. The summed E-state index contributed by atoms with van der Waals surface area (Å²) in [6.45, 7) is 10.2. The first kappa shape index (κ1) is 91.5. The molecule has 6 aliphatic rings. The molecule has 9 aromatic heterocycles. The Balaban J connectivity index is 0.000000163. The number of fused-ring (bicyclic) bond motifs is 3. The third-order valence-corrected chi connectivity index (χ3v) is 30.2. The molecule has 0 radical (unpaired) electrons. The van der Waals surface area contributed by atoms with Gasteiger partial charge >= 0.3 is 18.5 Å². The zero-order chi connectivity index (χ0) is 81.6. The van der Waals surface area contributed by atoms with Crippen LogP contribution in [0.15, 0.2) is 183 Å². The lowest BCUT2D eigenvalue weighted by Gasteiger charge is -2.38. The Labute approximate surface area is 710 Å². The summed E-state index contributed by atoms with van der Waals surface area (Å²) in [5.41, 5.74) is 2.25. The number of halogens is 9. The number of rotatable bonds is 15. The van der Waals surface area contributed by atoms with E-state index in [1.165, 1.54) is 55.0 Å². The summed E-state index contributed by atoms with van der Waals surface area (Å²) >= 11 is 2.50. The molecule has 3 aliphatic heterocycles. The summed E-state index contributed by atoms with van der Waals surface area (Å²) in [5, 5.41) is 4.52. The Morgan fingerprint density at radius 1 is 0.380 bits per heavy atom. The molecule has 5 fully saturated rings. The van der Waals surface area contributed by atoms with Crippen molar-refractivity contribution in [2.24, 2.45) is 0 Å². The summed E-state index contributed by atoms with van der Waals surface area (Å²) in [6.07, 6.45) is 8.19. The van der Waals surface area contributed by atoms with Crippen LogP contribution in [-0.2, 0) is 62.8 Å². The SMILES string of the molecule is C.C.C.C.O=S(=O)(c1ccccc1)n1cc(-c2nc(C(F)(F)F)cs2)c2cc(C3=CCC(N4CCOCC4)CC3)cnc21.O=S(=O)(c1ccccc1)n1cc(-c2nc(C(F)(F)F)cs2)c2cc(C3CCC(N4CCOCC4)CC3)cnc21.O=S(=O)(c1ccccc1)n1cc(-c2nc(C(F)(F)F)cs2)c2cc(C3CCC(N4CCOCC4)CC3)cnc21. The van der Waals surface area contributed by atoms with Crippen LogP contribution in [0.3, 0.4) is 0 Å². The number of hydrogen-bond acceptors (Lipinski definition) is 21. The summed E-state index contributed by atoms with van der Waals surface area (Å²) in [5.74, 6) is 0.478. The highest BCUT2D eigenvalue weighted by atomic mass is 32.2. The molecule has 0 amide bonds. The van der Waals surface area contributed by atoms with E-state index in [9.17, 15) is 64.8 Å². The van der Waals surface area contributed by atoms with Gasteiger partial charge in [-0.05, 0) is 159 Å². The molecule has 3 saturated heterocycles. The maximum atomic E-state index is 13.5. The second-order valence-corrected chi connectivity index (χ2v) is 37.6. The number of pyridine rings is 3. The van der Waals surface area contributed by atoms with Gasteiger partial charge < -0.3 is 14.2 Å². The first-order valence-corrected chi connectivity index (χ1v) is 45.3. The lowest BCUT2D eigenvalue weighted by atomic mass is 9.81. The zero-order valence-corrected chi connectivity index (χ0v) is 67.6. The van der Waals surface area contributed by atoms with E-state index < -0.39 is 65.7 Å². The van der Waals surface area contributed by atoms with Crippen molar-refractivity contribution in [2.45, 2.75) is 164 Å². The Bertz CT molecular complexity index is 5690. The molecule has 1 atom stereocenters. The normalized spacial score (nSPS) is 20.0. The average molecular weight is 1790 g/mol. The van der Waals surface area contributed by atoms with Gasteiger partial charge in [-0.3, -0.25) is 14.7 Å². The van der Waals surface area contributed by atoms with Gasteiger partial charge in [-0.2, -0.15) is 39.5 Å². The molecule has 648 valence electrons. The third kappa shape index (κ3) is 19.5. The molecule has 36 heteroatoms. The van der Waals surface area contributed by atoms with E-state index in [1.807, 2.05) is 18.2 Å². The number of morpholine rings is 3. The van der Waals surface area contributed by atoms with Gasteiger partial charge in [0.2, 0.25) is 0 Å². The van der Waals surface area contributed by atoms with E-state index in [0.29, 0.717) is 51.0 Å². The fourth-order valence-electron chi connectivity index (χ4n) is 16.4. The van der Waals surface area contributed by atoms with Crippen molar-refractivity contribution in [1.82, 2.24) is 56.5 Å². The predicted molar refractivity (Wildman–Crippen MR) is 454 cm³/mol. The lowest BCUT2D eigenvalue weighted by molar-refractivity contribution is -0.141. The molecule has 3 aliphatic carbocycles. The van der Waals surface area contributed by atoms with Crippen LogP contribution in [0.5, 0.6) is 0 Å². The van der Waals surface area contributed by atoms with Crippen LogP contribution in [0, 0.1) is 0 Å². The Morgan fingerprint density at radius 2 is 0.686 bits per heavy atom. The minimum Gasteiger partial charge on any atom is -0.379 e. The van der Waals surface area contributed by atoms with Crippen LogP contribution >= 0.6 is 34.0 Å². The molecule has 2 saturated carbocycles. The van der Waals surface area contributed by atoms with Crippen molar-refractivity contribution in [3.05, 3.63) is 202 Å². The second kappa shape index (κ2) is 37.8. The molecule has 1 unspecified atom stereocenters. The molecule has 0 spiro atoms. The minimum atomic E-state index is -4.60. The number of allylic oxidation sites excluding steroid dienone is 1. The topological polar surface area (TPSA) is 232 Å². The number of aromatic nitrogens is 9. The summed E-state index contributed by atoms with van der Waals surface area (Å²) in [7, 11) is -12.1. The van der Waals surface area contributed by atoms with E-state index in [2.05, 4.69) is 50.7 Å². The number of hydrogen-bond donors (Lipinski definition) is 0. The van der Waals surface area contributed by atoms with Crippen LogP contribution in [0.4, 0.5) is 39.5 Å². The number of ether oxygens (including phenoxy) is 3. The summed E-state index contributed by atoms with van der Waals surface area (Å²) in [6, 6.07) is 30.8. The molecule has 12 aromatic rings. The quantitative estimate of drug-likeness (QED) is 0.0868. The molecule has 0 N–H and O–H groups in total. The fourth-order valence-corrected chi connectivity index (χ4v) is 23.0. The molecule has 21 nitrogen and oxygen atoms in total. The Kier molecular flexibility index (Phi) is 28.6. The van der Waals surface area contributed by atoms with E-state index in [0.717, 1.165) is 234 Å². The van der Waals surface area contributed by atoms with Gasteiger partial charge in [-0.15, -0.1) is 34.0 Å². The van der Waals surface area contributed by atoms with E-state index >= 15 is 0 Å². The fraction of sp³-hybridized carbons (Fsp3) is 0.412. The predicted octanol–water partition coefficient (Wildman–Crippen LogP) is 19.8. The number of benzene rings is 3. The molecule has 18 rings (SSSR count). The highest BCUT2D eigenvalue weighted by Crippen LogP contribution is 2.46. The molecule has 12 heterocycles. The van der Waals surface area contributed by atoms with Gasteiger partial charge in [0.1, 0.15) is 15.0 Å². The van der Waals surface area contributed by atoms with Gasteiger partial charge in [-0.1, -0.05) is 90.4 Å². The van der Waals surface area contributed by atoms with Crippen LogP contribution in [-0.4, -0.2) is 179 Å². The van der Waals surface area contributed by atoms with Gasteiger partial charge in [0.25, 0.3) is 30.1 Å². The first-order valence-electron chi connectivity index (χ1n) is 38.3. The van der Waals surface area contributed by atoms with Crippen molar-refractivity contribution in [3.63, 3.8) is 0 Å². The standard InChI is InChI=1S/2C27H27F3N4O3S2.C27H25F3N4O3S2.4CH4/c3*28-27(29,30)24-17-38-26(32-24)23-16-34(39(35,36)21-4-2-1-3-5-21)25-22(23)14-19(15-31-25)18-6-8-20(9-7-18)33-10-12-37-13-11-33;;;;/h2*1-5,14-18,20H,6-13H2;1-6,14-17,20H,7-13H2;4*1H4. The van der Waals surface area contributed by atoms with Crippen molar-refractivity contribution in [3.8, 4) is 31.7 Å². The molecular formula is C85H95F9N12O9S6. The van der Waals surface area contributed by atoms with Gasteiger partial charge in [-0.25, -0.2) is 67.1 Å². The van der Waals surface area contributed by atoms with Crippen molar-refractivity contribution in [1.29, 1.82) is 0 Å². The number of alkyl halides is 9. The summed E-state index contributed by atoms with van der Waals surface area (Å²) in [4.78, 5) is 32.7. The van der Waals surface area contributed by atoms with Crippen LogP contribution in [0.25, 0.3) is 70.4 Å². The van der Waals surface area contributed by atoms with Crippen LogP contribution in [0.2, 0.25) is 0 Å². The summed E-state index contributed by atoms with van der Waals surface area (Å²) < 4.78 is 221. The van der Waals surface area contributed by atoms with Crippen molar-refractivity contribution >= 4 is 103 Å². The maximum Gasteiger partial charge on any atom is 0.434 e.